The molecule has 2 aromatic rings. The molecule has 0 saturated carbocycles. The summed E-state index contributed by atoms with van der Waals surface area (Å²) in [5.41, 5.74) is 2.35. The molecule has 0 bridgehead atoms. The molecule has 1 heterocycles. The highest BCUT2D eigenvalue weighted by molar-refractivity contribution is 5.76. The van der Waals surface area contributed by atoms with Crippen molar-refractivity contribution in [2.75, 3.05) is 31.6 Å². The zero-order chi connectivity index (χ0) is 17.5. The first-order valence-corrected chi connectivity index (χ1v) is 8.95. The Morgan fingerprint density at radius 2 is 1.92 bits per heavy atom. The number of carbonyl (C=O) groups is 1. The number of para-hydroxylation sites is 2. The van der Waals surface area contributed by atoms with E-state index in [-0.39, 0.29) is 5.91 Å². The predicted octanol–water partition coefficient (Wildman–Crippen LogP) is 3.27. The zero-order valence-electron chi connectivity index (χ0n) is 14.8. The van der Waals surface area contributed by atoms with Crippen LogP contribution in [-0.4, -0.2) is 32.7 Å². The number of ether oxygens (including phenoxy) is 1. The molecule has 25 heavy (non-hydrogen) atoms. The standard InChI is InChI=1S/C21H26N2O2/c1-25-20-10-6-5-9-19(20)23-14-13-18(16-23)15-22-21(24)12-11-17-7-3-2-4-8-17/h2-10,18H,11-16H2,1H3,(H,22,24)/t18-/m1/s1. The topological polar surface area (TPSA) is 41.6 Å². The Labute approximate surface area is 149 Å². The maximum Gasteiger partial charge on any atom is 0.220 e. The van der Waals surface area contributed by atoms with Crippen molar-refractivity contribution in [3.63, 3.8) is 0 Å². The van der Waals surface area contributed by atoms with Crippen LogP contribution in [0, 0.1) is 5.92 Å². The highest BCUT2D eigenvalue weighted by Crippen LogP contribution is 2.31. The number of benzene rings is 2. The molecule has 0 spiro atoms. The number of nitrogens with zero attached hydrogens (tertiary/aromatic N) is 1. The lowest BCUT2D eigenvalue weighted by molar-refractivity contribution is -0.121. The Kier molecular flexibility index (Phi) is 5.94. The van der Waals surface area contributed by atoms with Crippen LogP contribution in [0.15, 0.2) is 54.6 Å². The summed E-state index contributed by atoms with van der Waals surface area (Å²) < 4.78 is 5.45. The lowest BCUT2D eigenvalue weighted by Gasteiger charge is -2.21. The minimum atomic E-state index is 0.139. The number of hydrogen-bond acceptors (Lipinski definition) is 3. The molecule has 1 atom stereocenters. The molecular weight excluding hydrogens is 312 g/mol. The van der Waals surface area contributed by atoms with Crippen LogP contribution in [0.25, 0.3) is 0 Å². The van der Waals surface area contributed by atoms with Crippen LogP contribution in [0.2, 0.25) is 0 Å². The lowest BCUT2D eigenvalue weighted by atomic mass is 10.1. The van der Waals surface area contributed by atoms with E-state index in [4.69, 9.17) is 4.74 Å². The predicted molar refractivity (Wildman–Crippen MR) is 101 cm³/mol. The molecule has 1 aliphatic heterocycles. The zero-order valence-corrected chi connectivity index (χ0v) is 14.8. The van der Waals surface area contributed by atoms with E-state index in [1.165, 1.54) is 5.56 Å². The number of rotatable bonds is 7. The maximum absolute atomic E-state index is 12.1. The second kappa shape index (κ2) is 8.56. The minimum Gasteiger partial charge on any atom is -0.495 e. The van der Waals surface area contributed by atoms with Gasteiger partial charge in [0.15, 0.2) is 0 Å². The van der Waals surface area contributed by atoms with Crippen LogP contribution in [0.1, 0.15) is 18.4 Å². The van der Waals surface area contributed by atoms with Crippen LogP contribution in [-0.2, 0) is 11.2 Å². The average molecular weight is 338 g/mol. The van der Waals surface area contributed by atoms with Crippen molar-refractivity contribution in [2.24, 2.45) is 5.92 Å². The highest BCUT2D eigenvalue weighted by Gasteiger charge is 2.24. The highest BCUT2D eigenvalue weighted by atomic mass is 16.5. The summed E-state index contributed by atoms with van der Waals surface area (Å²) in [7, 11) is 1.71. The fourth-order valence-corrected chi connectivity index (χ4v) is 3.36. The third kappa shape index (κ3) is 4.75. The third-order valence-corrected chi connectivity index (χ3v) is 4.78. The molecule has 1 fully saturated rings. The van der Waals surface area contributed by atoms with E-state index >= 15 is 0 Å². The summed E-state index contributed by atoms with van der Waals surface area (Å²) in [5.74, 6) is 1.54. The van der Waals surface area contributed by atoms with E-state index in [1.807, 2.05) is 36.4 Å². The molecule has 1 amide bonds. The van der Waals surface area contributed by atoms with Crippen LogP contribution in [0.4, 0.5) is 5.69 Å². The summed E-state index contributed by atoms with van der Waals surface area (Å²) in [6.45, 7) is 2.71. The van der Waals surface area contributed by atoms with Gasteiger partial charge in [0.05, 0.1) is 12.8 Å². The third-order valence-electron chi connectivity index (χ3n) is 4.78. The summed E-state index contributed by atoms with van der Waals surface area (Å²) in [6.07, 6.45) is 2.44. The van der Waals surface area contributed by atoms with Crippen LogP contribution < -0.4 is 15.0 Å². The van der Waals surface area contributed by atoms with E-state index in [9.17, 15) is 4.79 Å². The van der Waals surface area contributed by atoms with Gasteiger partial charge in [-0.2, -0.15) is 0 Å². The number of methoxy groups -OCH3 is 1. The van der Waals surface area contributed by atoms with E-state index in [0.29, 0.717) is 12.3 Å². The van der Waals surface area contributed by atoms with Crippen molar-refractivity contribution < 1.29 is 9.53 Å². The molecule has 2 aromatic carbocycles. The Hall–Kier alpha value is -2.49. The van der Waals surface area contributed by atoms with Gasteiger partial charge in [-0.25, -0.2) is 0 Å². The van der Waals surface area contributed by atoms with Gasteiger partial charge in [-0.3, -0.25) is 4.79 Å². The molecule has 0 radical (unpaired) electrons. The van der Waals surface area contributed by atoms with Crippen LogP contribution >= 0.6 is 0 Å². The molecule has 4 heteroatoms. The van der Waals surface area contributed by atoms with E-state index < -0.39 is 0 Å². The average Bonchev–Trinajstić information content (AvgIpc) is 3.14. The van der Waals surface area contributed by atoms with Crippen molar-refractivity contribution in [1.29, 1.82) is 0 Å². The molecule has 1 saturated heterocycles. The first-order valence-electron chi connectivity index (χ1n) is 8.95. The molecule has 132 valence electrons. The smallest absolute Gasteiger partial charge is 0.220 e. The summed E-state index contributed by atoms with van der Waals surface area (Å²) >= 11 is 0. The van der Waals surface area contributed by atoms with E-state index in [0.717, 1.165) is 43.9 Å². The van der Waals surface area contributed by atoms with Gasteiger partial charge in [0.2, 0.25) is 5.91 Å². The lowest BCUT2D eigenvalue weighted by Crippen LogP contribution is -2.31. The molecule has 0 aliphatic carbocycles. The Balaban J connectivity index is 1.43. The quantitative estimate of drug-likeness (QED) is 0.842. The number of anilines is 1. The van der Waals surface area contributed by atoms with Crippen molar-refractivity contribution in [3.8, 4) is 5.75 Å². The second-order valence-electron chi connectivity index (χ2n) is 6.56. The summed E-state index contributed by atoms with van der Waals surface area (Å²) in [6, 6.07) is 18.3. The number of nitrogens with one attached hydrogen (secondary N) is 1. The van der Waals surface area contributed by atoms with Gasteiger partial charge >= 0.3 is 0 Å². The summed E-state index contributed by atoms with van der Waals surface area (Å²) in [4.78, 5) is 14.4. The van der Waals surface area contributed by atoms with Crippen molar-refractivity contribution in [1.82, 2.24) is 5.32 Å². The van der Waals surface area contributed by atoms with Gasteiger partial charge in [-0.1, -0.05) is 42.5 Å². The Morgan fingerprint density at radius 3 is 2.72 bits per heavy atom. The maximum atomic E-state index is 12.1. The fourth-order valence-electron chi connectivity index (χ4n) is 3.36. The summed E-state index contributed by atoms with van der Waals surface area (Å²) in [5, 5.41) is 3.10. The van der Waals surface area contributed by atoms with Gasteiger partial charge in [0.25, 0.3) is 0 Å². The molecule has 0 unspecified atom stereocenters. The molecule has 0 aromatic heterocycles. The molecule has 4 nitrogen and oxygen atoms in total. The number of aryl methyl sites for hydroxylation is 1. The van der Waals surface area contributed by atoms with Crippen molar-refractivity contribution >= 4 is 11.6 Å². The van der Waals surface area contributed by atoms with E-state index in [2.05, 4.69) is 28.4 Å². The minimum absolute atomic E-state index is 0.139. The number of amides is 1. The van der Waals surface area contributed by atoms with Gasteiger partial charge < -0.3 is 15.0 Å². The van der Waals surface area contributed by atoms with Crippen LogP contribution in [0.3, 0.4) is 0 Å². The van der Waals surface area contributed by atoms with Gasteiger partial charge in [-0.05, 0) is 36.5 Å². The van der Waals surface area contributed by atoms with Gasteiger partial charge in [-0.15, -0.1) is 0 Å². The Morgan fingerprint density at radius 1 is 1.16 bits per heavy atom. The Bertz CT molecular complexity index is 687. The SMILES string of the molecule is COc1ccccc1N1CC[C@H](CNC(=O)CCc2ccccc2)C1. The van der Waals surface area contributed by atoms with Crippen LogP contribution in [0.5, 0.6) is 5.75 Å². The second-order valence-corrected chi connectivity index (χ2v) is 6.56. The van der Waals surface area contributed by atoms with E-state index in [1.54, 1.807) is 7.11 Å². The number of carbonyl (C=O) groups excluding carboxylic acids is 1. The first kappa shape index (κ1) is 17.3. The molecule has 1 aliphatic rings. The largest absolute Gasteiger partial charge is 0.495 e. The molecule has 3 rings (SSSR count). The van der Waals surface area contributed by atoms with Crippen molar-refractivity contribution in [3.05, 3.63) is 60.2 Å². The first-order chi connectivity index (χ1) is 12.3. The fraction of sp³-hybridized carbons (Fsp3) is 0.381. The molecule has 1 N–H and O–H groups in total. The monoisotopic (exact) mass is 338 g/mol. The van der Waals surface area contributed by atoms with Gasteiger partial charge in [0.1, 0.15) is 5.75 Å². The van der Waals surface area contributed by atoms with Gasteiger partial charge in [0, 0.05) is 26.1 Å². The molecular formula is C21H26N2O2. The van der Waals surface area contributed by atoms with Crippen molar-refractivity contribution in [2.45, 2.75) is 19.3 Å². The normalized spacial score (nSPS) is 16.7. The number of hydrogen-bond donors (Lipinski definition) is 1.